The Balaban J connectivity index is 2.26. The lowest BCUT2D eigenvalue weighted by atomic mass is 9.99. The topological polar surface area (TPSA) is 234 Å². The molecule has 2 aromatic rings. The zero-order valence-corrected chi connectivity index (χ0v) is 22.2. The lowest BCUT2D eigenvalue weighted by Crippen LogP contribution is -2.59. The third-order valence-electron chi connectivity index (χ3n) is 6.00. The number of amides is 4. The molecule has 4 amide bonds. The maximum absolute atomic E-state index is 13.3. The van der Waals surface area contributed by atoms with Crippen LogP contribution < -0.4 is 27.4 Å². The van der Waals surface area contributed by atoms with Crippen molar-refractivity contribution in [2.24, 2.45) is 17.4 Å². The molecule has 13 nitrogen and oxygen atoms in total. The van der Waals surface area contributed by atoms with E-state index in [1.165, 1.54) is 48.5 Å². The Bertz CT molecular complexity index is 1200. The summed E-state index contributed by atoms with van der Waals surface area (Å²) in [7, 11) is 0. The number of rotatable bonds is 14. The summed E-state index contributed by atoms with van der Waals surface area (Å²) in [4.78, 5) is 62.1. The summed E-state index contributed by atoms with van der Waals surface area (Å²) in [5.41, 5.74) is 11.9. The molecule has 0 fully saturated rings. The fourth-order valence-electron chi connectivity index (χ4n) is 3.78. The van der Waals surface area contributed by atoms with Crippen LogP contribution in [0, 0.1) is 5.92 Å². The van der Waals surface area contributed by atoms with Crippen LogP contribution in [-0.4, -0.2) is 69.1 Å². The number of aliphatic carboxylic acids is 1. The molecule has 0 radical (unpaired) electrons. The van der Waals surface area contributed by atoms with Crippen molar-refractivity contribution in [3.8, 4) is 11.5 Å². The largest absolute Gasteiger partial charge is 0.508 e. The smallest absolute Gasteiger partial charge is 0.326 e. The molecule has 10 N–H and O–H groups in total. The van der Waals surface area contributed by atoms with Gasteiger partial charge in [-0.05, 0) is 41.3 Å². The van der Waals surface area contributed by atoms with E-state index >= 15 is 0 Å². The van der Waals surface area contributed by atoms with E-state index in [0.29, 0.717) is 11.1 Å². The van der Waals surface area contributed by atoms with E-state index < -0.39 is 66.1 Å². The molecular weight excluding hydrogens is 522 g/mol. The van der Waals surface area contributed by atoms with E-state index in [1.54, 1.807) is 13.8 Å². The second-order valence-corrected chi connectivity index (χ2v) is 9.71. The van der Waals surface area contributed by atoms with Gasteiger partial charge in [0.25, 0.3) is 0 Å². The number of carbonyl (C=O) groups is 5. The number of phenols is 2. The highest BCUT2D eigenvalue weighted by molar-refractivity contribution is 5.95. The summed E-state index contributed by atoms with van der Waals surface area (Å²) in [6, 6.07) is 6.64. The summed E-state index contributed by atoms with van der Waals surface area (Å²) in [5, 5.41) is 36.3. The van der Waals surface area contributed by atoms with Crippen molar-refractivity contribution in [1.29, 1.82) is 0 Å². The molecule has 40 heavy (non-hydrogen) atoms. The first-order chi connectivity index (χ1) is 18.8. The van der Waals surface area contributed by atoms with Crippen LogP contribution in [0.3, 0.4) is 0 Å². The van der Waals surface area contributed by atoms with Gasteiger partial charge in [0.05, 0.1) is 12.5 Å². The van der Waals surface area contributed by atoms with E-state index in [1.807, 2.05) is 0 Å². The van der Waals surface area contributed by atoms with Crippen LogP contribution >= 0.6 is 0 Å². The molecule has 0 aliphatic heterocycles. The van der Waals surface area contributed by atoms with Crippen molar-refractivity contribution in [1.82, 2.24) is 16.0 Å². The number of carbonyl (C=O) groups excluding carboxylic acids is 4. The maximum atomic E-state index is 13.3. The average Bonchev–Trinajstić information content (AvgIpc) is 2.87. The predicted molar refractivity (Wildman–Crippen MR) is 144 cm³/mol. The van der Waals surface area contributed by atoms with E-state index in [9.17, 15) is 39.3 Å². The average molecular weight is 558 g/mol. The second-order valence-electron chi connectivity index (χ2n) is 9.71. The number of nitrogens with two attached hydrogens (primary N) is 2. The standard InChI is InChI=1S/C27H35N5O8/c1-14(2)23(32-24(36)19(28)13-22(29)35)26(38)30-20(11-15-3-7-17(33)8-4-15)25(37)31-21(27(39)40)12-16-5-9-18(34)10-6-16/h3-10,14,19-21,23,33-34H,11-13,28H2,1-2H3,(H2,29,35)(H,30,38)(H,31,37)(H,32,36)(H,39,40). The molecule has 0 aliphatic carbocycles. The van der Waals surface area contributed by atoms with Gasteiger partial charge in [-0.25, -0.2) is 4.79 Å². The zero-order valence-electron chi connectivity index (χ0n) is 22.2. The van der Waals surface area contributed by atoms with Crippen molar-refractivity contribution < 1.29 is 39.3 Å². The highest BCUT2D eigenvalue weighted by atomic mass is 16.4. The summed E-state index contributed by atoms with van der Waals surface area (Å²) >= 11 is 0. The van der Waals surface area contributed by atoms with Gasteiger partial charge in [0.1, 0.15) is 29.6 Å². The first kappa shape index (κ1) is 31.6. The lowest BCUT2D eigenvalue weighted by molar-refractivity contribution is -0.142. The molecule has 4 atom stereocenters. The number of hydrogen-bond donors (Lipinski definition) is 8. The summed E-state index contributed by atoms with van der Waals surface area (Å²) < 4.78 is 0. The summed E-state index contributed by atoms with van der Waals surface area (Å²) in [6.07, 6.45) is -0.589. The molecule has 0 aromatic heterocycles. The van der Waals surface area contributed by atoms with Gasteiger partial charge in [0.2, 0.25) is 23.6 Å². The Morgan fingerprint density at radius 2 is 1.18 bits per heavy atom. The molecule has 0 heterocycles. The number of benzene rings is 2. The minimum absolute atomic E-state index is 0.00119. The third kappa shape index (κ3) is 9.91. The first-order valence-corrected chi connectivity index (χ1v) is 12.5. The van der Waals surface area contributed by atoms with Crippen LogP contribution in [0.25, 0.3) is 0 Å². The van der Waals surface area contributed by atoms with E-state index in [0.717, 1.165) is 0 Å². The molecule has 216 valence electrons. The third-order valence-corrected chi connectivity index (χ3v) is 6.00. The van der Waals surface area contributed by atoms with Crippen LogP contribution in [0.4, 0.5) is 0 Å². The van der Waals surface area contributed by atoms with Gasteiger partial charge in [0.15, 0.2) is 0 Å². The molecule has 4 unspecified atom stereocenters. The van der Waals surface area contributed by atoms with Gasteiger partial charge in [-0.15, -0.1) is 0 Å². The normalized spacial score (nSPS) is 13.9. The SMILES string of the molecule is CC(C)C(NC(=O)C(N)CC(N)=O)C(=O)NC(Cc1ccc(O)cc1)C(=O)NC(Cc1ccc(O)cc1)C(=O)O. The highest BCUT2D eigenvalue weighted by Gasteiger charge is 2.32. The van der Waals surface area contributed by atoms with Crippen LogP contribution in [0.1, 0.15) is 31.4 Å². The molecule has 2 rings (SSSR count). The fraction of sp³-hybridized carbons (Fsp3) is 0.370. The Hall–Kier alpha value is -4.65. The molecule has 0 saturated carbocycles. The minimum Gasteiger partial charge on any atom is -0.508 e. The number of nitrogens with one attached hydrogen (secondary N) is 3. The van der Waals surface area contributed by atoms with Crippen molar-refractivity contribution in [3.05, 3.63) is 59.7 Å². The van der Waals surface area contributed by atoms with Crippen LogP contribution in [0.2, 0.25) is 0 Å². The van der Waals surface area contributed by atoms with Crippen molar-refractivity contribution in [2.45, 2.75) is 57.3 Å². The Labute approximate surface area is 230 Å². The van der Waals surface area contributed by atoms with Gasteiger partial charge in [-0.2, -0.15) is 0 Å². The molecule has 13 heteroatoms. The first-order valence-electron chi connectivity index (χ1n) is 12.5. The van der Waals surface area contributed by atoms with Crippen LogP contribution in [-0.2, 0) is 36.8 Å². The molecular formula is C27H35N5O8. The summed E-state index contributed by atoms with van der Waals surface area (Å²) in [5.74, 6) is -4.89. The molecule has 0 aliphatic rings. The molecule has 0 bridgehead atoms. The van der Waals surface area contributed by atoms with Gasteiger partial charge in [0, 0.05) is 12.8 Å². The monoisotopic (exact) mass is 557 g/mol. The van der Waals surface area contributed by atoms with Gasteiger partial charge >= 0.3 is 5.97 Å². The number of phenolic OH excluding ortho intramolecular Hbond substituents is 2. The number of primary amides is 1. The van der Waals surface area contributed by atoms with Crippen molar-refractivity contribution in [2.75, 3.05) is 0 Å². The lowest BCUT2D eigenvalue weighted by Gasteiger charge is -2.27. The molecule has 2 aromatic carbocycles. The number of carboxylic acids is 1. The zero-order chi connectivity index (χ0) is 30.0. The van der Waals surface area contributed by atoms with Gasteiger partial charge in [-0.1, -0.05) is 38.1 Å². The summed E-state index contributed by atoms with van der Waals surface area (Å²) in [6.45, 7) is 3.30. The van der Waals surface area contributed by atoms with E-state index in [2.05, 4.69) is 16.0 Å². The van der Waals surface area contributed by atoms with Gasteiger partial charge < -0.3 is 42.7 Å². The minimum atomic E-state index is -1.36. The number of aromatic hydroxyl groups is 2. The van der Waals surface area contributed by atoms with Gasteiger partial charge in [-0.3, -0.25) is 19.2 Å². The predicted octanol–water partition coefficient (Wildman–Crippen LogP) is -0.719. The number of hydrogen-bond acceptors (Lipinski definition) is 8. The Morgan fingerprint density at radius 3 is 1.60 bits per heavy atom. The number of carboxylic acid groups (broad SMARTS) is 1. The van der Waals surface area contributed by atoms with E-state index in [4.69, 9.17) is 11.5 Å². The van der Waals surface area contributed by atoms with Crippen LogP contribution in [0.5, 0.6) is 11.5 Å². The fourth-order valence-corrected chi connectivity index (χ4v) is 3.78. The molecule has 0 saturated heterocycles. The maximum Gasteiger partial charge on any atom is 0.326 e. The van der Waals surface area contributed by atoms with Crippen molar-refractivity contribution in [3.63, 3.8) is 0 Å². The second kappa shape index (κ2) is 14.5. The van der Waals surface area contributed by atoms with E-state index in [-0.39, 0.29) is 24.3 Å². The quantitative estimate of drug-likeness (QED) is 0.146. The Kier molecular flexibility index (Phi) is 11.4. The van der Waals surface area contributed by atoms with Crippen molar-refractivity contribution >= 4 is 29.6 Å². The highest BCUT2D eigenvalue weighted by Crippen LogP contribution is 2.14. The van der Waals surface area contributed by atoms with Crippen LogP contribution in [0.15, 0.2) is 48.5 Å². The Morgan fingerprint density at radius 1 is 0.725 bits per heavy atom. The molecule has 0 spiro atoms.